The van der Waals surface area contributed by atoms with Gasteiger partial charge in [-0.25, -0.2) is 0 Å². The summed E-state index contributed by atoms with van der Waals surface area (Å²) in [6.45, 7) is 5.08. The minimum absolute atomic E-state index is 0.448. The lowest BCUT2D eigenvalue weighted by molar-refractivity contribution is 0.228. The third kappa shape index (κ3) is 2.79. The summed E-state index contributed by atoms with van der Waals surface area (Å²) in [5, 5.41) is 0.830. The Kier molecular flexibility index (Phi) is 4.49. The van der Waals surface area contributed by atoms with E-state index in [0.29, 0.717) is 18.6 Å². The van der Waals surface area contributed by atoms with Crippen LogP contribution in [0.2, 0.25) is 5.02 Å². The number of benzene rings is 1. The molecular formula is C14H22ClN3. The number of likely N-dealkylation sites (N-methyl/N-ethyl adjacent to an activating group) is 1. The van der Waals surface area contributed by atoms with Gasteiger partial charge in [0.1, 0.15) is 0 Å². The van der Waals surface area contributed by atoms with Gasteiger partial charge in [-0.2, -0.15) is 0 Å². The average Bonchev–Trinajstić information content (AvgIpc) is 2.31. The summed E-state index contributed by atoms with van der Waals surface area (Å²) in [4.78, 5) is 4.81. The van der Waals surface area contributed by atoms with Crippen LogP contribution in [0.3, 0.4) is 0 Å². The van der Waals surface area contributed by atoms with Crippen molar-refractivity contribution in [2.24, 2.45) is 5.73 Å². The van der Waals surface area contributed by atoms with Gasteiger partial charge in [-0.1, -0.05) is 23.7 Å². The minimum atomic E-state index is 0.448. The molecule has 100 valence electrons. The van der Waals surface area contributed by atoms with Crippen molar-refractivity contribution in [3.8, 4) is 0 Å². The van der Waals surface area contributed by atoms with E-state index in [0.717, 1.165) is 30.2 Å². The predicted molar refractivity (Wildman–Crippen MR) is 78.3 cm³/mol. The van der Waals surface area contributed by atoms with E-state index in [9.17, 15) is 0 Å². The first-order valence-corrected chi connectivity index (χ1v) is 6.92. The van der Waals surface area contributed by atoms with Gasteiger partial charge in [0.25, 0.3) is 0 Å². The Morgan fingerprint density at radius 3 is 2.72 bits per heavy atom. The zero-order valence-corrected chi connectivity index (χ0v) is 11.9. The summed E-state index contributed by atoms with van der Waals surface area (Å²) in [5.41, 5.74) is 6.89. The molecule has 1 aromatic rings. The predicted octanol–water partition coefficient (Wildman–Crippen LogP) is 2.20. The van der Waals surface area contributed by atoms with E-state index in [1.807, 2.05) is 18.2 Å². The number of nitrogens with two attached hydrogens (primary N) is 1. The summed E-state index contributed by atoms with van der Waals surface area (Å²) >= 11 is 6.34. The first kappa shape index (κ1) is 13.7. The fraction of sp³-hybridized carbons (Fsp3) is 0.571. The zero-order valence-electron chi connectivity index (χ0n) is 11.1. The largest absolute Gasteiger partial charge is 0.362 e. The van der Waals surface area contributed by atoms with Gasteiger partial charge in [-0.15, -0.1) is 0 Å². The molecule has 0 bridgehead atoms. The highest BCUT2D eigenvalue weighted by molar-refractivity contribution is 6.33. The summed E-state index contributed by atoms with van der Waals surface area (Å²) < 4.78 is 0. The Morgan fingerprint density at radius 2 is 2.06 bits per heavy atom. The molecule has 4 heteroatoms. The van der Waals surface area contributed by atoms with Gasteiger partial charge < -0.3 is 15.5 Å². The van der Waals surface area contributed by atoms with Crippen LogP contribution in [0, 0.1) is 0 Å². The molecule has 1 aliphatic rings. The molecule has 18 heavy (non-hydrogen) atoms. The molecule has 3 nitrogen and oxygen atoms in total. The molecule has 1 heterocycles. The fourth-order valence-electron chi connectivity index (χ4n) is 2.94. The molecule has 1 saturated heterocycles. The van der Waals surface area contributed by atoms with Crippen molar-refractivity contribution in [1.82, 2.24) is 4.90 Å². The molecule has 0 aromatic heterocycles. The van der Waals surface area contributed by atoms with Crippen molar-refractivity contribution in [2.75, 3.05) is 31.6 Å². The first-order valence-electron chi connectivity index (χ1n) is 6.55. The number of rotatable bonds is 3. The van der Waals surface area contributed by atoms with Crippen LogP contribution >= 0.6 is 11.6 Å². The Balaban J connectivity index is 2.29. The van der Waals surface area contributed by atoms with E-state index >= 15 is 0 Å². The van der Waals surface area contributed by atoms with Crippen molar-refractivity contribution in [1.29, 1.82) is 0 Å². The molecule has 0 saturated carbocycles. The molecule has 2 atom stereocenters. The van der Waals surface area contributed by atoms with Crippen LogP contribution in [-0.2, 0) is 0 Å². The minimum Gasteiger partial charge on any atom is -0.362 e. The van der Waals surface area contributed by atoms with Crippen LogP contribution in [0.25, 0.3) is 0 Å². The van der Waals surface area contributed by atoms with Crippen molar-refractivity contribution in [3.05, 3.63) is 29.3 Å². The zero-order chi connectivity index (χ0) is 13.1. The third-order valence-corrected chi connectivity index (χ3v) is 3.92. The smallest absolute Gasteiger partial charge is 0.0639 e. The normalized spacial score (nSPS) is 25.4. The van der Waals surface area contributed by atoms with Gasteiger partial charge in [0.2, 0.25) is 0 Å². The highest BCUT2D eigenvalue weighted by atomic mass is 35.5. The van der Waals surface area contributed by atoms with E-state index < -0.39 is 0 Å². The van der Waals surface area contributed by atoms with Crippen LogP contribution < -0.4 is 10.6 Å². The topological polar surface area (TPSA) is 32.5 Å². The van der Waals surface area contributed by atoms with E-state index in [4.69, 9.17) is 17.3 Å². The fourth-order valence-corrected chi connectivity index (χ4v) is 3.17. The molecular weight excluding hydrogens is 246 g/mol. The lowest BCUT2D eigenvalue weighted by Crippen LogP contribution is -2.57. The van der Waals surface area contributed by atoms with Gasteiger partial charge in [0.05, 0.1) is 10.7 Å². The second-order valence-electron chi connectivity index (χ2n) is 5.16. The van der Waals surface area contributed by atoms with Gasteiger partial charge >= 0.3 is 0 Å². The molecule has 2 unspecified atom stereocenters. The second-order valence-corrected chi connectivity index (χ2v) is 5.57. The summed E-state index contributed by atoms with van der Waals surface area (Å²) in [5.74, 6) is 0. The Morgan fingerprint density at radius 1 is 1.33 bits per heavy atom. The third-order valence-electron chi connectivity index (χ3n) is 3.60. The van der Waals surface area contributed by atoms with E-state index in [-0.39, 0.29) is 0 Å². The maximum atomic E-state index is 6.34. The highest BCUT2D eigenvalue weighted by Gasteiger charge is 2.31. The number of nitrogens with zero attached hydrogens (tertiary/aromatic N) is 2. The van der Waals surface area contributed by atoms with Crippen LogP contribution in [0.1, 0.15) is 13.3 Å². The van der Waals surface area contributed by atoms with E-state index in [1.54, 1.807) is 0 Å². The lowest BCUT2D eigenvalue weighted by Gasteiger charge is -2.46. The molecule has 1 fully saturated rings. The maximum Gasteiger partial charge on any atom is 0.0639 e. The summed E-state index contributed by atoms with van der Waals surface area (Å²) in [7, 11) is 2.17. The van der Waals surface area contributed by atoms with Crippen LogP contribution in [-0.4, -0.2) is 43.7 Å². The summed E-state index contributed by atoms with van der Waals surface area (Å²) in [6, 6.07) is 9.00. The standard InChI is InChI=1S/C14H22ClN3/c1-11-9-17(2)10-12(7-8-16)18(11)14-6-4-3-5-13(14)15/h3-6,11-12H,7-10,16H2,1-2H3. The van der Waals surface area contributed by atoms with Crippen molar-refractivity contribution in [2.45, 2.75) is 25.4 Å². The first-order chi connectivity index (χ1) is 8.63. The second kappa shape index (κ2) is 5.91. The Labute approximate surface area is 115 Å². The number of piperazine rings is 1. The van der Waals surface area contributed by atoms with Gasteiger partial charge in [-0.3, -0.25) is 0 Å². The van der Waals surface area contributed by atoms with E-state index in [1.165, 1.54) is 0 Å². The van der Waals surface area contributed by atoms with Crippen LogP contribution in [0.15, 0.2) is 24.3 Å². The molecule has 2 N–H and O–H groups in total. The van der Waals surface area contributed by atoms with Gasteiger partial charge in [-0.05, 0) is 39.1 Å². The monoisotopic (exact) mass is 267 g/mol. The number of halogens is 1. The SMILES string of the molecule is CC1CN(C)CC(CCN)N1c1ccccc1Cl. The lowest BCUT2D eigenvalue weighted by atomic mass is 10.0. The molecule has 0 aliphatic carbocycles. The van der Waals surface area contributed by atoms with Crippen LogP contribution in [0.4, 0.5) is 5.69 Å². The van der Waals surface area contributed by atoms with Crippen molar-refractivity contribution < 1.29 is 0 Å². The molecule has 0 radical (unpaired) electrons. The number of hydrogen-bond donors (Lipinski definition) is 1. The number of para-hydroxylation sites is 1. The highest BCUT2D eigenvalue weighted by Crippen LogP contribution is 2.31. The molecule has 2 rings (SSSR count). The van der Waals surface area contributed by atoms with Crippen molar-refractivity contribution in [3.63, 3.8) is 0 Å². The summed E-state index contributed by atoms with van der Waals surface area (Å²) in [6.07, 6.45) is 1.000. The van der Waals surface area contributed by atoms with E-state index in [2.05, 4.69) is 29.8 Å². The average molecular weight is 268 g/mol. The Bertz CT molecular complexity index is 396. The molecule has 1 aromatic carbocycles. The molecule has 0 spiro atoms. The van der Waals surface area contributed by atoms with Gasteiger partial charge in [0.15, 0.2) is 0 Å². The number of anilines is 1. The van der Waals surface area contributed by atoms with Crippen molar-refractivity contribution >= 4 is 17.3 Å². The maximum absolute atomic E-state index is 6.34. The quantitative estimate of drug-likeness (QED) is 0.911. The van der Waals surface area contributed by atoms with Gasteiger partial charge in [0, 0.05) is 25.2 Å². The molecule has 1 aliphatic heterocycles. The molecule has 0 amide bonds. The number of hydrogen-bond acceptors (Lipinski definition) is 3. The Hall–Kier alpha value is -0.770. The van der Waals surface area contributed by atoms with Crippen LogP contribution in [0.5, 0.6) is 0 Å².